The highest BCUT2D eigenvalue weighted by Gasteiger charge is 1.97. The zero-order valence-electron chi connectivity index (χ0n) is 43.6. The summed E-state index contributed by atoms with van der Waals surface area (Å²) in [4.78, 5) is 31.0. The molecule has 0 atom stereocenters. The molecule has 0 aliphatic rings. The zero-order valence-corrected chi connectivity index (χ0v) is 43.6. The number of hydrogen-bond donors (Lipinski definition) is 3. The van der Waals surface area contributed by atoms with E-state index >= 15 is 0 Å². The molecule has 6 nitrogen and oxygen atoms in total. The third-order valence-corrected chi connectivity index (χ3v) is 10.2. The Morgan fingerprint density at radius 3 is 0.662 bits per heavy atom. The van der Waals surface area contributed by atoms with Crippen molar-refractivity contribution in [3.63, 3.8) is 0 Å². The van der Waals surface area contributed by atoms with Crippen LogP contribution in [0.4, 0.5) is 0 Å². The number of rotatable bonds is 44. The van der Waals surface area contributed by atoms with E-state index in [2.05, 4.69) is 167 Å². The molecular formula is C62H100O6. The molecule has 0 aliphatic heterocycles. The molecule has 0 aromatic heterocycles. The van der Waals surface area contributed by atoms with Crippen LogP contribution in [-0.2, 0) is 14.4 Å². The van der Waals surface area contributed by atoms with Crippen LogP contribution in [0.2, 0.25) is 0 Å². The van der Waals surface area contributed by atoms with Crippen LogP contribution in [0.1, 0.15) is 226 Å². The molecule has 0 aromatic rings. The van der Waals surface area contributed by atoms with Crippen LogP contribution in [0.5, 0.6) is 0 Å². The van der Waals surface area contributed by atoms with Gasteiger partial charge in [-0.3, -0.25) is 14.4 Å². The molecule has 0 heterocycles. The van der Waals surface area contributed by atoms with Gasteiger partial charge in [-0.05, 0) is 141 Å². The Kier molecular flexibility index (Phi) is 64.0. The van der Waals surface area contributed by atoms with Crippen LogP contribution in [0.25, 0.3) is 0 Å². The molecule has 0 rings (SSSR count). The Bertz CT molecular complexity index is 1460. The van der Waals surface area contributed by atoms with Gasteiger partial charge in [0.25, 0.3) is 0 Å². The lowest BCUT2D eigenvalue weighted by molar-refractivity contribution is -0.138. The summed E-state index contributed by atoms with van der Waals surface area (Å²) in [6.45, 7) is 6.53. The van der Waals surface area contributed by atoms with Crippen molar-refractivity contribution in [1.82, 2.24) is 0 Å². The van der Waals surface area contributed by atoms with E-state index in [1.54, 1.807) is 0 Å². The van der Waals surface area contributed by atoms with Crippen molar-refractivity contribution in [2.75, 3.05) is 0 Å². The van der Waals surface area contributed by atoms with Gasteiger partial charge in [-0.2, -0.15) is 0 Å². The smallest absolute Gasteiger partial charge is 0.303 e. The summed E-state index contributed by atoms with van der Waals surface area (Å²) in [7, 11) is 0. The Hall–Kier alpha value is -4.71. The Labute approximate surface area is 418 Å². The number of hydrogen-bond acceptors (Lipinski definition) is 3. The molecule has 68 heavy (non-hydrogen) atoms. The van der Waals surface area contributed by atoms with Crippen LogP contribution in [0.3, 0.4) is 0 Å². The molecule has 0 aromatic carbocycles. The van der Waals surface area contributed by atoms with Crippen LogP contribution in [0.15, 0.2) is 146 Å². The first kappa shape index (κ1) is 67.6. The number of carboxylic acid groups (broad SMARTS) is 3. The maximum atomic E-state index is 10.3. The Balaban J connectivity index is -0.000000933. The predicted molar refractivity (Wildman–Crippen MR) is 297 cm³/mol. The fourth-order valence-corrected chi connectivity index (χ4v) is 6.26. The molecule has 0 unspecified atom stereocenters. The van der Waals surface area contributed by atoms with Gasteiger partial charge in [-0.1, -0.05) is 212 Å². The van der Waals surface area contributed by atoms with E-state index < -0.39 is 17.9 Å². The second kappa shape index (κ2) is 64.4. The number of allylic oxidation sites excluding steroid dienone is 24. The quantitative estimate of drug-likeness (QED) is 0.0414. The molecule has 0 saturated carbocycles. The standard InChI is InChI=1S/C22H34O2.C20H34O2.C20H32O2/c1-2-3-4-5-6-7-8-9-10-11-12-13-14-15-16-17-18-19-20-21-22(23)24;2*1-2-3-4-5-6-7-8-9-10-11-12-13-14-15-16-17-18-19-20(21)22/h3-4,6-7,9-10,12-13,15-16H,2,5,8,11,14,17-21H2,1H3,(H,23,24);6-7,9-10,12-13H,2-5,8,11,14-19H2,1H3,(H,21,22);3-4,6-7,9-10,12-13H,2,5,8,11,14-19H2,1H3,(H,21,22)/b4-3-,7-6-,10-9-,13-12-,16-15-;7-6-,10-9-,13-12-;4-3-,7-6-,10-9-,13-12-. The van der Waals surface area contributed by atoms with Gasteiger partial charge in [0.15, 0.2) is 0 Å². The van der Waals surface area contributed by atoms with Crippen LogP contribution in [-0.4, -0.2) is 33.2 Å². The van der Waals surface area contributed by atoms with Gasteiger partial charge < -0.3 is 15.3 Å². The van der Waals surface area contributed by atoms with Gasteiger partial charge in [-0.25, -0.2) is 0 Å². The van der Waals surface area contributed by atoms with Crippen molar-refractivity contribution in [2.24, 2.45) is 0 Å². The average Bonchev–Trinajstić information content (AvgIpc) is 3.32. The highest BCUT2D eigenvalue weighted by molar-refractivity contribution is 5.67. The van der Waals surface area contributed by atoms with E-state index in [9.17, 15) is 14.4 Å². The van der Waals surface area contributed by atoms with E-state index in [0.29, 0.717) is 19.3 Å². The lowest BCUT2D eigenvalue weighted by Crippen LogP contribution is -1.93. The molecule has 0 spiro atoms. The summed E-state index contributed by atoms with van der Waals surface area (Å²) in [5.74, 6) is -2.05. The SMILES string of the molecule is CC/C=C\C/C=C\C/C=C\C/C=C\C/C=C\CCCCCC(=O)O.CC/C=C\C/C=C\C/C=C\C/C=C\CCCCCCC(=O)O.CCCCC/C=C\C/C=C\C/C=C\CCCCCCC(=O)O. The second-order valence-electron chi connectivity index (χ2n) is 16.8. The fraction of sp³-hybridized carbons (Fsp3) is 0.565. The molecular weight excluding hydrogens is 841 g/mol. The monoisotopic (exact) mass is 941 g/mol. The molecule has 6 heteroatoms. The first-order valence-corrected chi connectivity index (χ1v) is 26.8. The molecule has 0 saturated heterocycles. The van der Waals surface area contributed by atoms with Crippen LogP contribution < -0.4 is 0 Å². The van der Waals surface area contributed by atoms with Crippen LogP contribution >= 0.6 is 0 Å². The topological polar surface area (TPSA) is 112 Å². The minimum Gasteiger partial charge on any atom is -0.481 e. The summed E-state index contributed by atoms with van der Waals surface area (Å²) >= 11 is 0. The normalized spacial score (nSPS) is 12.4. The van der Waals surface area contributed by atoms with Crippen molar-refractivity contribution in [3.05, 3.63) is 146 Å². The van der Waals surface area contributed by atoms with Crippen LogP contribution in [0, 0.1) is 0 Å². The summed E-state index contributed by atoms with van der Waals surface area (Å²) in [6, 6.07) is 0. The predicted octanol–water partition coefficient (Wildman–Crippen LogP) is 19.4. The summed E-state index contributed by atoms with van der Waals surface area (Å²) in [6.07, 6.45) is 84.9. The molecule has 0 bridgehead atoms. The maximum Gasteiger partial charge on any atom is 0.303 e. The largest absolute Gasteiger partial charge is 0.481 e. The molecule has 0 radical (unpaired) electrons. The van der Waals surface area contributed by atoms with Gasteiger partial charge >= 0.3 is 17.9 Å². The third kappa shape index (κ3) is 75.6. The van der Waals surface area contributed by atoms with Gasteiger partial charge in [0, 0.05) is 19.3 Å². The lowest BCUT2D eigenvalue weighted by Gasteiger charge is -1.96. The average molecular weight is 941 g/mol. The summed E-state index contributed by atoms with van der Waals surface area (Å²) < 4.78 is 0. The van der Waals surface area contributed by atoms with Crippen molar-refractivity contribution < 1.29 is 29.7 Å². The lowest BCUT2D eigenvalue weighted by atomic mass is 10.1. The highest BCUT2D eigenvalue weighted by Crippen LogP contribution is 2.08. The van der Waals surface area contributed by atoms with E-state index in [1.807, 2.05) is 0 Å². The first-order valence-electron chi connectivity index (χ1n) is 26.8. The number of aliphatic carboxylic acids is 3. The molecule has 0 amide bonds. The van der Waals surface area contributed by atoms with Gasteiger partial charge in [0.05, 0.1) is 0 Å². The Morgan fingerprint density at radius 2 is 0.441 bits per heavy atom. The van der Waals surface area contributed by atoms with Crippen molar-refractivity contribution in [3.8, 4) is 0 Å². The van der Waals surface area contributed by atoms with E-state index in [0.717, 1.165) is 154 Å². The number of unbranched alkanes of at least 4 members (excludes halogenated alkanes) is 14. The van der Waals surface area contributed by atoms with E-state index in [4.69, 9.17) is 15.3 Å². The molecule has 0 fully saturated rings. The molecule has 0 aliphatic carbocycles. The zero-order chi connectivity index (χ0) is 50.3. The third-order valence-electron chi connectivity index (χ3n) is 10.2. The van der Waals surface area contributed by atoms with E-state index in [-0.39, 0.29) is 0 Å². The minimum absolute atomic E-state index is 0.297. The Morgan fingerprint density at radius 1 is 0.250 bits per heavy atom. The van der Waals surface area contributed by atoms with Crippen molar-refractivity contribution in [2.45, 2.75) is 226 Å². The number of carboxylic acids is 3. The van der Waals surface area contributed by atoms with Gasteiger partial charge in [0.2, 0.25) is 0 Å². The fourth-order valence-electron chi connectivity index (χ4n) is 6.26. The molecule has 3 N–H and O–H groups in total. The first-order chi connectivity index (χ1) is 33.3. The number of carbonyl (C=O) groups is 3. The minimum atomic E-state index is -0.690. The van der Waals surface area contributed by atoms with Gasteiger partial charge in [0.1, 0.15) is 0 Å². The maximum absolute atomic E-state index is 10.3. The summed E-state index contributed by atoms with van der Waals surface area (Å²) in [5, 5.41) is 25.6. The summed E-state index contributed by atoms with van der Waals surface area (Å²) in [5.41, 5.74) is 0. The van der Waals surface area contributed by atoms with Crippen molar-refractivity contribution >= 4 is 17.9 Å². The second-order valence-corrected chi connectivity index (χ2v) is 16.8. The van der Waals surface area contributed by atoms with E-state index in [1.165, 1.54) is 32.1 Å². The van der Waals surface area contributed by atoms with Crippen molar-refractivity contribution in [1.29, 1.82) is 0 Å². The van der Waals surface area contributed by atoms with Gasteiger partial charge in [-0.15, -0.1) is 0 Å². The highest BCUT2D eigenvalue weighted by atomic mass is 16.4. The molecule has 384 valence electrons.